The van der Waals surface area contributed by atoms with Crippen LogP contribution in [0.2, 0.25) is 0 Å². The van der Waals surface area contributed by atoms with E-state index in [0.717, 1.165) is 11.8 Å². The van der Waals surface area contributed by atoms with E-state index in [1.165, 1.54) is 20.0 Å². The number of benzene rings is 2. The van der Waals surface area contributed by atoms with Crippen molar-refractivity contribution in [3.63, 3.8) is 0 Å². The van der Waals surface area contributed by atoms with Gasteiger partial charge >= 0.3 is 0 Å². The molecule has 4 aromatic rings. The van der Waals surface area contributed by atoms with Gasteiger partial charge in [0.2, 0.25) is 5.95 Å². The first-order valence-electron chi connectivity index (χ1n) is 12.3. The zero-order valence-electron chi connectivity index (χ0n) is 20.9. The maximum atomic E-state index is 14.3. The molecule has 0 unspecified atom stereocenters. The van der Waals surface area contributed by atoms with Crippen molar-refractivity contribution in [2.24, 2.45) is 0 Å². The van der Waals surface area contributed by atoms with Crippen LogP contribution in [0.1, 0.15) is 60.9 Å². The summed E-state index contributed by atoms with van der Waals surface area (Å²) < 4.78 is 28.0. The van der Waals surface area contributed by atoms with E-state index in [9.17, 15) is 18.7 Å². The number of aliphatic hydroxyl groups excluding tert-OH is 1. The molecule has 0 aliphatic carbocycles. The lowest BCUT2D eigenvalue weighted by Gasteiger charge is -2.28. The molecule has 2 aromatic carbocycles. The molecule has 0 aliphatic heterocycles. The van der Waals surface area contributed by atoms with Crippen molar-refractivity contribution in [1.29, 1.82) is 0 Å². The second-order valence-electron chi connectivity index (χ2n) is 9.89. The number of imidazole rings is 1. The maximum Gasteiger partial charge on any atom is 0.271 e. The molecule has 0 aliphatic rings. The summed E-state index contributed by atoms with van der Waals surface area (Å²) in [7, 11) is 0. The number of hydrogen-bond donors (Lipinski definition) is 3. The van der Waals surface area contributed by atoms with Gasteiger partial charge in [-0.2, -0.15) is 4.39 Å². The van der Waals surface area contributed by atoms with Crippen LogP contribution < -0.4 is 5.32 Å². The molecule has 0 spiro atoms. The van der Waals surface area contributed by atoms with Crippen LogP contribution in [0.4, 0.5) is 8.78 Å². The Labute approximate surface area is 214 Å². The van der Waals surface area contributed by atoms with Crippen LogP contribution in [-0.4, -0.2) is 48.8 Å². The van der Waals surface area contributed by atoms with Crippen molar-refractivity contribution in [1.82, 2.24) is 25.3 Å². The lowest BCUT2D eigenvalue weighted by molar-refractivity contribution is 0.0777. The first-order valence-corrected chi connectivity index (χ1v) is 12.3. The molecule has 2 heterocycles. The molecular weight excluding hydrogens is 476 g/mol. The number of aromatic amines is 1. The Hall–Kier alpha value is -3.72. The van der Waals surface area contributed by atoms with E-state index in [4.69, 9.17) is 0 Å². The molecule has 2 aromatic heterocycles. The first-order chi connectivity index (χ1) is 17.7. The van der Waals surface area contributed by atoms with Crippen molar-refractivity contribution in [3.05, 3.63) is 90.0 Å². The summed E-state index contributed by atoms with van der Waals surface area (Å²) in [6.45, 7) is 2.96. The molecule has 0 saturated carbocycles. The van der Waals surface area contributed by atoms with Gasteiger partial charge in [-0.1, -0.05) is 42.5 Å². The average molecular weight is 508 g/mol. The average Bonchev–Trinajstić information content (AvgIpc) is 3.31. The number of fused-ring (bicyclic) bond motifs is 1. The summed E-state index contributed by atoms with van der Waals surface area (Å²) in [6, 6.07) is 16.0. The fraction of sp³-hybridized carbons (Fsp3) is 0.357. The molecule has 0 radical (unpaired) electrons. The zero-order valence-corrected chi connectivity index (χ0v) is 20.9. The van der Waals surface area contributed by atoms with Crippen LogP contribution in [0.25, 0.3) is 11.0 Å². The van der Waals surface area contributed by atoms with Crippen LogP contribution in [0.3, 0.4) is 0 Å². The summed E-state index contributed by atoms with van der Waals surface area (Å²) >= 11 is 0. The van der Waals surface area contributed by atoms with Gasteiger partial charge in [-0.25, -0.2) is 14.4 Å². The monoisotopic (exact) mass is 507 g/mol. The Balaban J connectivity index is 1.56. The molecule has 3 atom stereocenters. The number of H-pyrrole nitrogens is 1. The van der Waals surface area contributed by atoms with Crippen molar-refractivity contribution < 1.29 is 18.7 Å². The molecule has 9 heteroatoms. The minimum Gasteiger partial charge on any atom is -0.391 e. The number of nitrogens with zero attached hydrogens (tertiary/aromatic N) is 3. The Bertz CT molecular complexity index is 1320. The van der Waals surface area contributed by atoms with Crippen LogP contribution >= 0.6 is 0 Å². The molecule has 37 heavy (non-hydrogen) atoms. The number of nitrogens with one attached hydrogen (secondary N) is 2. The van der Waals surface area contributed by atoms with Gasteiger partial charge in [-0.3, -0.25) is 9.78 Å². The van der Waals surface area contributed by atoms with Crippen molar-refractivity contribution in [2.45, 2.75) is 63.3 Å². The first kappa shape index (κ1) is 26.3. The van der Waals surface area contributed by atoms with Crippen LogP contribution in [0.15, 0.2) is 67.0 Å². The molecule has 194 valence electrons. The number of carbonyl (C=O) groups is 1. The zero-order chi connectivity index (χ0) is 26.4. The Morgan fingerprint density at radius 3 is 2.43 bits per heavy atom. The van der Waals surface area contributed by atoms with Gasteiger partial charge in [-0.05, 0) is 57.2 Å². The molecule has 3 N–H and O–H groups in total. The van der Waals surface area contributed by atoms with Gasteiger partial charge in [0.15, 0.2) is 0 Å². The minimum atomic E-state index is -1.43. The molecule has 1 amide bonds. The minimum absolute atomic E-state index is 0.132. The van der Waals surface area contributed by atoms with Crippen LogP contribution in [-0.2, 0) is 6.42 Å². The largest absolute Gasteiger partial charge is 0.391 e. The highest BCUT2D eigenvalue weighted by molar-refractivity contribution is 5.94. The second-order valence-corrected chi connectivity index (χ2v) is 9.89. The predicted octanol–water partition coefficient (Wildman–Crippen LogP) is 4.90. The number of aromatic nitrogens is 4. The van der Waals surface area contributed by atoms with E-state index in [-0.39, 0.29) is 18.5 Å². The number of hydrogen-bond acceptors (Lipinski definition) is 5. The summed E-state index contributed by atoms with van der Waals surface area (Å²) in [5.41, 5.74) is 0.879. The van der Waals surface area contributed by atoms with Gasteiger partial charge in [0, 0.05) is 5.92 Å². The lowest BCUT2D eigenvalue weighted by atomic mass is 9.88. The fourth-order valence-electron chi connectivity index (χ4n) is 4.32. The number of carbonyl (C=O) groups excluding carboxylic acids is 1. The third-order valence-corrected chi connectivity index (χ3v) is 6.33. The summed E-state index contributed by atoms with van der Waals surface area (Å²) in [5.74, 6) is -1.17. The van der Waals surface area contributed by atoms with E-state index in [2.05, 4.69) is 25.3 Å². The second kappa shape index (κ2) is 11.6. The van der Waals surface area contributed by atoms with E-state index >= 15 is 0 Å². The lowest BCUT2D eigenvalue weighted by Crippen LogP contribution is -2.45. The highest BCUT2D eigenvalue weighted by atomic mass is 19.1. The van der Waals surface area contributed by atoms with E-state index in [1.54, 1.807) is 6.07 Å². The third kappa shape index (κ3) is 7.39. The molecule has 4 rings (SSSR count). The summed E-state index contributed by atoms with van der Waals surface area (Å²) in [5, 5.41) is 14.2. The third-order valence-electron chi connectivity index (χ3n) is 6.33. The molecule has 0 bridgehead atoms. The van der Waals surface area contributed by atoms with Crippen molar-refractivity contribution in [2.75, 3.05) is 0 Å². The SMILES string of the molecule is CC(C)(F)CC[C@H](C[C@H](O)[C@H](Cc1ccccc1)NC(=O)c1cnc2ccccc2n1)c1ncc(F)[nH]1. The number of halogens is 2. The normalized spacial score (nSPS) is 14.3. The Kier molecular flexibility index (Phi) is 8.23. The number of rotatable bonds is 11. The summed E-state index contributed by atoms with van der Waals surface area (Å²) in [4.78, 5) is 28.5. The summed E-state index contributed by atoms with van der Waals surface area (Å²) in [6.07, 6.45) is 2.48. The number of amides is 1. The Morgan fingerprint density at radius 2 is 1.76 bits per heavy atom. The predicted molar refractivity (Wildman–Crippen MR) is 137 cm³/mol. The quantitative estimate of drug-likeness (QED) is 0.268. The standard InChI is InChI=1S/C28H31F2N5O2/c1-28(2,30)13-12-19(26-32-17-25(29)35-26)15-24(36)22(14-18-8-4-3-5-9-18)34-27(37)23-16-31-20-10-6-7-11-21(20)33-23/h3-11,16-17,19,22,24,36H,12-15H2,1-2H3,(H,32,35)(H,34,37)/t19-,22+,24+/m1/s1. The smallest absolute Gasteiger partial charge is 0.271 e. The topological polar surface area (TPSA) is 104 Å². The highest BCUT2D eigenvalue weighted by Gasteiger charge is 2.29. The van der Waals surface area contributed by atoms with Gasteiger partial charge in [0.1, 0.15) is 17.2 Å². The van der Waals surface area contributed by atoms with Crippen LogP contribution in [0.5, 0.6) is 0 Å². The Morgan fingerprint density at radius 1 is 1.05 bits per heavy atom. The van der Waals surface area contributed by atoms with E-state index < -0.39 is 35.6 Å². The van der Waals surface area contributed by atoms with Crippen molar-refractivity contribution in [3.8, 4) is 0 Å². The molecule has 0 saturated heterocycles. The molecule has 7 nitrogen and oxygen atoms in total. The van der Waals surface area contributed by atoms with Gasteiger partial charge in [0.25, 0.3) is 5.91 Å². The number of aliphatic hydroxyl groups is 1. The number of para-hydroxylation sites is 2. The van der Waals surface area contributed by atoms with Crippen LogP contribution in [0, 0.1) is 5.95 Å². The maximum absolute atomic E-state index is 14.3. The van der Waals surface area contributed by atoms with Gasteiger partial charge in [-0.15, -0.1) is 0 Å². The van der Waals surface area contributed by atoms with Crippen molar-refractivity contribution >= 4 is 16.9 Å². The highest BCUT2D eigenvalue weighted by Crippen LogP contribution is 2.30. The fourth-order valence-corrected chi connectivity index (χ4v) is 4.32. The van der Waals surface area contributed by atoms with Gasteiger partial charge < -0.3 is 15.4 Å². The van der Waals surface area contributed by atoms with E-state index in [1.807, 2.05) is 48.5 Å². The molecular formula is C28H31F2N5O2. The number of alkyl halides is 1. The molecule has 0 fully saturated rings. The van der Waals surface area contributed by atoms with E-state index in [0.29, 0.717) is 29.7 Å². The van der Waals surface area contributed by atoms with Gasteiger partial charge in [0.05, 0.1) is 35.6 Å².